The van der Waals surface area contributed by atoms with E-state index in [1.165, 1.54) is 11.1 Å². The summed E-state index contributed by atoms with van der Waals surface area (Å²) >= 11 is 0. The number of nitrogens with one attached hydrogen (secondary N) is 1. The van der Waals surface area contributed by atoms with Gasteiger partial charge < -0.3 is 10.1 Å². The molecule has 0 aliphatic carbocycles. The highest BCUT2D eigenvalue weighted by Crippen LogP contribution is 2.25. The first-order valence-corrected chi connectivity index (χ1v) is 7.26. The molecule has 1 aromatic heterocycles. The quantitative estimate of drug-likeness (QED) is 0.909. The third-order valence-electron chi connectivity index (χ3n) is 3.50. The lowest BCUT2D eigenvalue weighted by Gasteiger charge is -2.12. The number of nitrogens with zero attached hydrogens (tertiary/aromatic N) is 2. The van der Waals surface area contributed by atoms with Crippen LogP contribution >= 0.6 is 0 Å². The number of aromatic nitrogens is 2. The van der Waals surface area contributed by atoms with Crippen LogP contribution in [0.2, 0.25) is 0 Å². The number of benzene rings is 1. The molecule has 0 unspecified atom stereocenters. The van der Waals surface area contributed by atoms with Crippen molar-refractivity contribution in [3.63, 3.8) is 0 Å². The van der Waals surface area contributed by atoms with Gasteiger partial charge in [-0.1, -0.05) is 19.9 Å². The van der Waals surface area contributed by atoms with Crippen LogP contribution in [0.25, 0.3) is 0 Å². The minimum absolute atomic E-state index is 0.393. The van der Waals surface area contributed by atoms with Crippen LogP contribution in [0.1, 0.15) is 42.1 Å². The van der Waals surface area contributed by atoms with Crippen molar-refractivity contribution in [2.45, 2.75) is 40.2 Å². The Morgan fingerprint density at radius 3 is 2.57 bits per heavy atom. The van der Waals surface area contributed by atoms with Gasteiger partial charge in [0.2, 0.25) is 0 Å². The lowest BCUT2D eigenvalue weighted by molar-refractivity contribution is 0.438. The van der Waals surface area contributed by atoms with Crippen molar-refractivity contribution in [2.24, 2.45) is 0 Å². The number of hydrogen-bond acceptors (Lipinski definition) is 4. The molecule has 112 valence electrons. The summed E-state index contributed by atoms with van der Waals surface area (Å²) in [6, 6.07) is 6.51. The summed E-state index contributed by atoms with van der Waals surface area (Å²) in [5, 5.41) is 3.10. The fraction of sp³-hybridized carbons (Fsp3) is 0.412. The highest BCUT2D eigenvalue weighted by Gasteiger charge is 2.08. The fourth-order valence-electron chi connectivity index (χ4n) is 2.35. The molecule has 2 aromatic rings. The molecule has 0 spiro atoms. The second-order valence-corrected chi connectivity index (χ2v) is 5.57. The molecule has 0 atom stereocenters. The van der Waals surface area contributed by atoms with Crippen LogP contribution in [0, 0.1) is 13.8 Å². The Labute approximate surface area is 126 Å². The van der Waals surface area contributed by atoms with Crippen molar-refractivity contribution in [3.8, 4) is 11.8 Å². The van der Waals surface area contributed by atoms with Crippen LogP contribution in [-0.2, 0) is 6.54 Å². The minimum atomic E-state index is 0.393. The van der Waals surface area contributed by atoms with E-state index in [9.17, 15) is 0 Å². The predicted molar refractivity (Wildman–Crippen MR) is 84.9 cm³/mol. The highest BCUT2D eigenvalue weighted by molar-refractivity contribution is 5.37. The molecule has 0 aliphatic rings. The molecule has 4 nitrogen and oxygen atoms in total. The van der Waals surface area contributed by atoms with E-state index in [2.05, 4.69) is 42.1 Å². The lowest BCUT2D eigenvalue weighted by Crippen LogP contribution is -2.08. The SMILES string of the molecule is CNCc1cnc(Oc2ccc(C(C)C)c(C)c2)nc1C. The van der Waals surface area contributed by atoms with E-state index in [0.29, 0.717) is 11.9 Å². The van der Waals surface area contributed by atoms with E-state index in [-0.39, 0.29) is 0 Å². The molecule has 0 aliphatic heterocycles. The molecular weight excluding hydrogens is 262 g/mol. The first kappa shape index (κ1) is 15.4. The molecule has 0 saturated heterocycles. The number of rotatable bonds is 5. The van der Waals surface area contributed by atoms with Gasteiger partial charge in [0.25, 0.3) is 0 Å². The maximum absolute atomic E-state index is 5.77. The monoisotopic (exact) mass is 285 g/mol. The average Bonchev–Trinajstić information content (AvgIpc) is 2.41. The second kappa shape index (κ2) is 6.68. The van der Waals surface area contributed by atoms with E-state index < -0.39 is 0 Å². The summed E-state index contributed by atoms with van der Waals surface area (Å²) in [4.78, 5) is 8.67. The van der Waals surface area contributed by atoms with Crippen LogP contribution in [0.15, 0.2) is 24.4 Å². The normalized spacial score (nSPS) is 11.0. The summed E-state index contributed by atoms with van der Waals surface area (Å²) in [6.07, 6.45) is 1.81. The van der Waals surface area contributed by atoms with Gasteiger partial charge in [-0.05, 0) is 50.1 Å². The van der Waals surface area contributed by atoms with Crippen molar-refractivity contribution < 1.29 is 4.74 Å². The summed E-state index contributed by atoms with van der Waals surface area (Å²) in [5.41, 5.74) is 4.58. The Balaban J connectivity index is 2.18. The molecule has 0 bridgehead atoms. The van der Waals surface area contributed by atoms with Crippen molar-refractivity contribution >= 4 is 0 Å². The molecule has 4 heteroatoms. The Kier molecular flexibility index (Phi) is 4.91. The van der Waals surface area contributed by atoms with Gasteiger partial charge in [0.15, 0.2) is 0 Å². The first-order valence-electron chi connectivity index (χ1n) is 7.26. The molecule has 21 heavy (non-hydrogen) atoms. The topological polar surface area (TPSA) is 47.0 Å². The van der Waals surface area contributed by atoms with Crippen LogP contribution in [0.5, 0.6) is 11.8 Å². The lowest BCUT2D eigenvalue weighted by atomic mass is 9.98. The third-order valence-corrected chi connectivity index (χ3v) is 3.50. The Hall–Kier alpha value is -1.94. The fourth-order valence-corrected chi connectivity index (χ4v) is 2.35. The molecule has 0 fully saturated rings. The zero-order valence-corrected chi connectivity index (χ0v) is 13.4. The molecule has 0 saturated carbocycles. The largest absolute Gasteiger partial charge is 0.424 e. The minimum Gasteiger partial charge on any atom is -0.424 e. The van der Waals surface area contributed by atoms with E-state index >= 15 is 0 Å². The summed E-state index contributed by atoms with van der Waals surface area (Å²) in [7, 11) is 1.91. The van der Waals surface area contributed by atoms with Gasteiger partial charge >= 0.3 is 6.01 Å². The van der Waals surface area contributed by atoms with Gasteiger partial charge in [-0.3, -0.25) is 0 Å². The number of ether oxygens (including phenoxy) is 1. The maximum atomic E-state index is 5.77. The smallest absolute Gasteiger partial charge is 0.322 e. The van der Waals surface area contributed by atoms with Gasteiger partial charge in [0, 0.05) is 24.0 Å². The zero-order valence-electron chi connectivity index (χ0n) is 13.4. The Morgan fingerprint density at radius 1 is 1.24 bits per heavy atom. The first-order chi connectivity index (χ1) is 10.0. The molecule has 1 heterocycles. The van der Waals surface area contributed by atoms with E-state index in [1.54, 1.807) is 0 Å². The van der Waals surface area contributed by atoms with Crippen molar-refractivity contribution in [2.75, 3.05) is 7.05 Å². The van der Waals surface area contributed by atoms with Crippen LogP contribution in [0.3, 0.4) is 0 Å². The number of aryl methyl sites for hydroxylation is 2. The summed E-state index contributed by atoms with van der Waals surface area (Å²) in [6.45, 7) is 9.21. The molecule has 0 amide bonds. The Bertz CT molecular complexity index is 623. The van der Waals surface area contributed by atoms with Crippen molar-refractivity contribution in [1.29, 1.82) is 0 Å². The highest BCUT2D eigenvalue weighted by atomic mass is 16.5. The summed E-state index contributed by atoms with van der Waals surface area (Å²) in [5.74, 6) is 1.29. The van der Waals surface area contributed by atoms with Crippen LogP contribution in [-0.4, -0.2) is 17.0 Å². The van der Waals surface area contributed by atoms with Gasteiger partial charge in [0.1, 0.15) is 5.75 Å². The van der Waals surface area contributed by atoms with E-state index in [4.69, 9.17) is 4.74 Å². The van der Waals surface area contributed by atoms with Crippen LogP contribution < -0.4 is 10.1 Å². The van der Waals surface area contributed by atoms with Gasteiger partial charge in [-0.25, -0.2) is 4.98 Å². The van der Waals surface area contributed by atoms with E-state index in [1.807, 2.05) is 32.3 Å². The van der Waals surface area contributed by atoms with Gasteiger partial charge in [-0.2, -0.15) is 4.98 Å². The molecule has 0 radical (unpaired) electrons. The summed E-state index contributed by atoms with van der Waals surface area (Å²) < 4.78 is 5.77. The van der Waals surface area contributed by atoms with Gasteiger partial charge in [-0.15, -0.1) is 0 Å². The molecule has 2 rings (SSSR count). The average molecular weight is 285 g/mol. The Morgan fingerprint density at radius 2 is 2.00 bits per heavy atom. The molecule has 1 N–H and O–H groups in total. The van der Waals surface area contributed by atoms with Crippen molar-refractivity contribution in [3.05, 3.63) is 46.8 Å². The molecular formula is C17H23N3O. The maximum Gasteiger partial charge on any atom is 0.322 e. The standard InChI is InChI=1S/C17H23N3O/c1-11(2)16-7-6-15(8-12(16)3)21-17-19-10-14(9-18-5)13(4)20-17/h6-8,10-11,18H,9H2,1-5H3. The van der Waals surface area contributed by atoms with Crippen molar-refractivity contribution in [1.82, 2.24) is 15.3 Å². The second-order valence-electron chi connectivity index (χ2n) is 5.57. The third kappa shape index (κ3) is 3.79. The predicted octanol–water partition coefficient (Wildman–Crippen LogP) is 3.73. The van der Waals surface area contributed by atoms with Crippen LogP contribution in [0.4, 0.5) is 0 Å². The van der Waals surface area contributed by atoms with Gasteiger partial charge in [0.05, 0.1) is 0 Å². The number of hydrogen-bond donors (Lipinski definition) is 1. The van der Waals surface area contributed by atoms with E-state index in [0.717, 1.165) is 23.6 Å². The molecule has 1 aromatic carbocycles. The zero-order chi connectivity index (χ0) is 15.4.